The molecule has 2 atom stereocenters. The summed E-state index contributed by atoms with van der Waals surface area (Å²) in [6, 6.07) is 2.27. The third-order valence-corrected chi connectivity index (χ3v) is 15.9. The molecule has 0 amide bonds. The van der Waals surface area contributed by atoms with Crippen LogP contribution in [0.2, 0.25) is 0 Å². The Hall–Kier alpha value is -0.560. The molecule has 0 spiro atoms. The number of rotatable bonds is 11. The summed E-state index contributed by atoms with van der Waals surface area (Å²) in [4.78, 5) is 17.4. The van der Waals surface area contributed by atoms with Gasteiger partial charge < -0.3 is 26.9 Å². The highest BCUT2D eigenvalue weighted by atomic mass is 15.6. The van der Waals surface area contributed by atoms with Crippen molar-refractivity contribution in [1.29, 1.82) is 0 Å². The molecule has 2 unspecified atom stereocenters. The average Bonchev–Trinajstić information content (AvgIpc) is 3.14. The van der Waals surface area contributed by atoms with Crippen LogP contribution in [0.4, 0.5) is 0 Å². The predicted molar refractivity (Wildman–Crippen MR) is 299 cm³/mol. The zero-order chi connectivity index (χ0) is 54.0. The van der Waals surface area contributed by atoms with Gasteiger partial charge in [0.05, 0.1) is 97.7 Å². The van der Waals surface area contributed by atoms with Crippen LogP contribution >= 0.6 is 0 Å². The van der Waals surface area contributed by atoms with E-state index in [2.05, 4.69) is 237 Å². The van der Waals surface area contributed by atoms with E-state index in [1.165, 1.54) is 146 Å². The van der Waals surface area contributed by atoms with E-state index < -0.39 is 0 Å². The quantitative estimate of drug-likeness (QED) is 0.204. The van der Waals surface area contributed by atoms with Gasteiger partial charge in [-0.1, -0.05) is 34.6 Å². The van der Waals surface area contributed by atoms with Crippen LogP contribution in [0, 0.1) is 5.92 Å². The summed E-state index contributed by atoms with van der Waals surface area (Å²) in [6.45, 7) is 57.5. The monoisotopic (exact) mass is 988 g/mol. The largest absolute Gasteiger partial charge is 0.303 e. The second-order valence-corrected chi connectivity index (χ2v) is 29.3. The second kappa shape index (κ2) is 26.3. The van der Waals surface area contributed by atoms with Crippen LogP contribution in [0.3, 0.4) is 0 Å². The van der Waals surface area contributed by atoms with Crippen molar-refractivity contribution in [3.05, 3.63) is 0 Å². The summed E-state index contributed by atoms with van der Waals surface area (Å²) in [5.41, 5.74) is 0.779. The first-order chi connectivity index (χ1) is 31.0. The second-order valence-electron chi connectivity index (χ2n) is 29.3. The minimum Gasteiger partial charge on any atom is -0.303 e. The Morgan fingerprint density at radius 3 is 1.00 bits per heavy atom. The normalized spacial score (nSPS) is 26.1. The highest BCUT2D eigenvalue weighted by Crippen LogP contribution is 2.28. The zero-order valence-electron chi connectivity index (χ0n) is 52.7. The topological polar surface area (TPSA) is 22.7 Å². The minimum atomic E-state index is 0.369. The molecule has 0 radical (unpaired) electrons. The molecule has 7 fully saturated rings. The molecule has 414 valence electrons. The molecule has 7 heterocycles. The van der Waals surface area contributed by atoms with Crippen molar-refractivity contribution in [2.45, 2.75) is 159 Å². The van der Waals surface area contributed by atoms with Crippen molar-refractivity contribution < 1.29 is 31.4 Å². The van der Waals surface area contributed by atoms with Crippen LogP contribution in [0.15, 0.2) is 0 Å². The van der Waals surface area contributed by atoms with Gasteiger partial charge in [-0.2, -0.15) is 0 Å². The SMILES string of the molecule is CC(C)(C)N1C[N+](C)(C)C1.CC(C)C(C)N1C[N+](C)(C)C1.CC(C)N1C[N+](C)(C)C1.CCC(C)(C)N1C[N+](C)(C)C1.CCC(C)N1C[N+](C)(C)C1.CCCN1C[N+](C)(C)C1.CC[N+]1(CC)CN(C)C1. The van der Waals surface area contributed by atoms with Gasteiger partial charge in [-0.25, -0.2) is 34.3 Å². The first kappa shape index (κ1) is 66.5. The van der Waals surface area contributed by atoms with Crippen LogP contribution < -0.4 is 0 Å². The summed E-state index contributed by atoms with van der Waals surface area (Å²) in [5.74, 6) is 0.787. The summed E-state index contributed by atoms with van der Waals surface area (Å²) in [5, 5.41) is 0. The standard InChI is InChI=1S/2C9H21N2.2C8H19N2.3C7H17N2/c1-8(2)9(3)10-6-11(4,5)7-10;1-6-9(2,3)10-7-11(4,5)8-10;1-8(2,3)9-6-10(4,5)7-9;1-5-8(2)9-6-10(3,4)7-9;1-7(2)8-5-9(3,4)6-8;1-4-5-8-6-9(2,3)7-8;1-4-9(5-2)6-8(3)7-9/h8-9H,6-7H2,1-5H3;6-8H2,1-5H3;6-7H2,1-5H3;8H,5-7H2,1-4H3;7H,5-6H2,1-4H3;2*4-7H2,1-3H3/q7*+1. The van der Waals surface area contributed by atoms with Gasteiger partial charge in [0.15, 0.2) is 0 Å². The summed E-state index contributed by atoms with van der Waals surface area (Å²) < 4.78 is 8.29. The Morgan fingerprint density at radius 1 is 0.435 bits per heavy atom. The van der Waals surface area contributed by atoms with E-state index in [1.54, 1.807) is 0 Å². The molecule has 7 rings (SSSR count). The maximum atomic E-state index is 2.55. The van der Waals surface area contributed by atoms with E-state index in [4.69, 9.17) is 0 Å². The lowest BCUT2D eigenvalue weighted by Gasteiger charge is -2.53. The lowest BCUT2D eigenvalue weighted by molar-refractivity contribution is -0.991. The molecule has 7 aliphatic heterocycles. The van der Waals surface area contributed by atoms with Crippen molar-refractivity contribution in [3.63, 3.8) is 0 Å². The molecular formula is C55H131N14+7. The highest BCUT2D eigenvalue weighted by Gasteiger charge is 2.43. The highest BCUT2D eigenvalue weighted by molar-refractivity contribution is 4.79. The van der Waals surface area contributed by atoms with Gasteiger partial charge in [-0.3, -0.25) is 4.48 Å². The van der Waals surface area contributed by atoms with E-state index in [1.807, 2.05) is 0 Å². The fourth-order valence-corrected chi connectivity index (χ4v) is 10.3. The first-order valence-corrected chi connectivity index (χ1v) is 27.9. The lowest BCUT2D eigenvalue weighted by Crippen LogP contribution is -2.70. The Morgan fingerprint density at radius 2 is 0.783 bits per heavy atom. The Kier molecular flexibility index (Phi) is 25.3. The number of quaternary nitrogens is 7. The molecule has 0 N–H and O–H groups in total. The van der Waals surface area contributed by atoms with Crippen molar-refractivity contribution in [2.75, 3.05) is 205 Å². The predicted octanol–water partition coefficient (Wildman–Crippen LogP) is 7.11. The van der Waals surface area contributed by atoms with Crippen molar-refractivity contribution in [2.24, 2.45) is 5.92 Å². The van der Waals surface area contributed by atoms with Crippen LogP contribution in [-0.2, 0) is 0 Å². The van der Waals surface area contributed by atoms with Gasteiger partial charge in [0, 0.05) is 35.7 Å². The molecular weight excluding hydrogens is 857 g/mol. The first-order valence-electron chi connectivity index (χ1n) is 27.9. The third kappa shape index (κ3) is 23.3. The molecule has 0 aromatic rings. The van der Waals surface area contributed by atoms with Gasteiger partial charge in [0.1, 0.15) is 93.4 Å². The Balaban J connectivity index is 0.000000403. The molecule has 14 nitrogen and oxygen atoms in total. The van der Waals surface area contributed by atoms with Gasteiger partial charge in [-0.15, -0.1) is 0 Å². The number of hydrogen-bond donors (Lipinski definition) is 0. The van der Waals surface area contributed by atoms with E-state index in [9.17, 15) is 0 Å². The molecule has 0 aliphatic carbocycles. The molecule has 7 saturated heterocycles. The fraction of sp³-hybridized carbons (Fsp3) is 1.00. The van der Waals surface area contributed by atoms with Crippen LogP contribution in [0.5, 0.6) is 0 Å². The van der Waals surface area contributed by atoms with Gasteiger partial charge in [-0.05, 0) is 108 Å². The summed E-state index contributed by atoms with van der Waals surface area (Å²) >= 11 is 0. The zero-order valence-corrected chi connectivity index (χ0v) is 52.7. The van der Waals surface area contributed by atoms with Gasteiger partial charge in [0.2, 0.25) is 0 Å². The third-order valence-electron chi connectivity index (χ3n) is 15.9. The van der Waals surface area contributed by atoms with Gasteiger partial charge in [0.25, 0.3) is 0 Å². The minimum absolute atomic E-state index is 0.369. The van der Waals surface area contributed by atoms with E-state index in [0.29, 0.717) is 11.1 Å². The lowest BCUT2D eigenvalue weighted by atomic mass is 9.98. The summed E-state index contributed by atoms with van der Waals surface area (Å²) in [7, 11) is 29.5. The molecule has 0 aromatic carbocycles. The average molecular weight is 989 g/mol. The molecule has 7 aliphatic rings. The van der Waals surface area contributed by atoms with Crippen molar-refractivity contribution >= 4 is 0 Å². The van der Waals surface area contributed by atoms with E-state index in [0.717, 1.165) is 42.0 Å². The molecule has 0 saturated carbocycles. The van der Waals surface area contributed by atoms with Crippen molar-refractivity contribution in [1.82, 2.24) is 34.3 Å². The summed E-state index contributed by atoms with van der Waals surface area (Å²) in [6.07, 6.45) is 3.81. The molecule has 69 heavy (non-hydrogen) atoms. The Labute approximate surface area is 434 Å². The molecule has 0 bridgehead atoms. The van der Waals surface area contributed by atoms with E-state index >= 15 is 0 Å². The van der Waals surface area contributed by atoms with Crippen molar-refractivity contribution in [3.8, 4) is 0 Å². The maximum absolute atomic E-state index is 2.55. The number of nitrogens with zero attached hydrogens (tertiary/aromatic N) is 14. The van der Waals surface area contributed by atoms with E-state index in [-0.39, 0.29) is 0 Å². The van der Waals surface area contributed by atoms with Crippen LogP contribution in [0.25, 0.3) is 0 Å². The molecule has 14 heteroatoms. The smallest absolute Gasteiger partial charge is 0.140 e. The fourth-order valence-electron chi connectivity index (χ4n) is 10.3. The van der Waals surface area contributed by atoms with Crippen LogP contribution in [0.1, 0.15) is 130 Å². The van der Waals surface area contributed by atoms with Crippen LogP contribution in [-0.4, -0.2) is 299 Å². The number of hydrogen-bond acceptors (Lipinski definition) is 7. The van der Waals surface area contributed by atoms with Gasteiger partial charge >= 0.3 is 0 Å². The molecule has 0 aromatic heterocycles. The Bertz CT molecular complexity index is 1390. The maximum Gasteiger partial charge on any atom is 0.140 e.